The molecule has 2 aliphatic rings. The van der Waals surface area contributed by atoms with Crippen molar-refractivity contribution >= 4 is 101 Å². The summed E-state index contributed by atoms with van der Waals surface area (Å²) in [7, 11) is 0. The van der Waals surface area contributed by atoms with E-state index in [1.165, 1.54) is 29.2 Å². The van der Waals surface area contributed by atoms with Gasteiger partial charge >= 0.3 is 0 Å². The molecule has 0 bridgehead atoms. The number of nitrogens with two attached hydrogens (primary N) is 10. The van der Waals surface area contributed by atoms with Gasteiger partial charge in [0.15, 0.2) is 17.9 Å². The Kier molecular flexibility index (Phi) is 42.9. The zero-order valence-corrected chi connectivity index (χ0v) is 66.8. The van der Waals surface area contributed by atoms with Crippen LogP contribution in [0.4, 0.5) is 0 Å². The number of primary amides is 1. The smallest absolute Gasteiger partial charge is 0.245 e. The molecule has 13 atom stereocenters. The van der Waals surface area contributed by atoms with Crippen molar-refractivity contribution < 1.29 is 72.2 Å². The minimum Gasteiger partial charge on any atom is -0.508 e. The van der Waals surface area contributed by atoms with Crippen molar-refractivity contribution in [1.82, 2.24) is 68.7 Å². The number of aliphatic imine (C=N–C) groups is 3. The van der Waals surface area contributed by atoms with Crippen LogP contribution in [0, 0.1) is 11.8 Å². The first-order valence-corrected chi connectivity index (χ1v) is 39.5. The van der Waals surface area contributed by atoms with Crippen LogP contribution in [0.3, 0.4) is 0 Å². The number of carbonyl (C=O) groups excluding carboxylic acids is 14. The van der Waals surface area contributed by atoms with E-state index in [0.717, 1.165) is 0 Å². The molecule has 2 aromatic rings. The average Bonchev–Trinajstić information content (AvgIpc) is 1.69. The van der Waals surface area contributed by atoms with Crippen molar-refractivity contribution in [3.63, 3.8) is 0 Å². The number of likely N-dealkylation sites (tertiary alicyclic amines) is 1. The number of benzene rings is 2. The maximum absolute atomic E-state index is 15.1. The Hall–Kier alpha value is -11.5. The molecule has 2 aliphatic heterocycles. The van der Waals surface area contributed by atoms with Crippen molar-refractivity contribution in [1.29, 1.82) is 0 Å². The molecule has 0 aliphatic carbocycles. The molecule has 33 N–H and O–H groups in total. The Balaban J connectivity index is 1.69. The van der Waals surface area contributed by atoms with Crippen LogP contribution in [0.25, 0.3) is 0 Å². The fourth-order valence-corrected chi connectivity index (χ4v) is 12.8. The van der Waals surface area contributed by atoms with Crippen LogP contribution in [-0.4, -0.2) is 235 Å². The summed E-state index contributed by atoms with van der Waals surface area (Å²) in [4.78, 5) is 213. The van der Waals surface area contributed by atoms with Crippen LogP contribution < -0.4 is 121 Å². The molecule has 2 saturated heterocycles. The molecule has 116 heavy (non-hydrogen) atoms. The molecule has 0 saturated carbocycles. The standard InChI is InChI=1S/C75H124N26O15/c1-5-43(4)60(71(115)97-53(23-15-34-89-75(84)85)72(116)101-36-16-24-57(101)70(114)96-49(20-10-12-31-77)65(109)99-54(37-42(2)3)68(112)92-48(61(79)105)19-9-11-30-76)100-67(111)51(22-14-33-88-74(82)83)94-64(108)50(21-13-32-87-73(80)81)93-66(110)52-29-35-86-58(103)40-56(98-62(106)47(78)38-45-25-27-46(102)28-26-45)63(107)90-41-59(104)91-55(69(113)95-52)39-44-17-7-6-8-18-44/h6-8,17-18,25-28,42-43,47-57,60,102H,5,9-16,19-24,29-41,76-78H2,1-4H3,(H2,79,105)(H,86,103)(H,90,107)(H,91,104)(H,92,112)(H,93,110)(H,94,108)(H,95,113)(H,96,114)(H,97,115)(H,98,106)(H,99,109)(H,100,111)(H4,80,81,87)(H4,82,83,88)(H4,84,85,89)/t43-,47-,48-,49-,50-,51-,52-,53-,54-,55-,56+,57+,60-/m0/s1. The Morgan fingerprint density at radius 2 is 1.05 bits per heavy atom. The third-order valence-corrected chi connectivity index (χ3v) is 19.4. The van der Waals surface area contributed by atoms with Gasteiger partial charge in [-0.05, 0) is 157 Å². The number of hydrogen-bond acceptors (Lipinski definition) is 21. The number of guanidine groups is 3. The van der Waals surface area contributed by atoms with Gasteiger partial charge in [-0.25, -0.2) is 0 Å². The van der Waals surface area contributed by atoms with Crippen molar-refractivity contribution in [2.45, 2.75) is 229 Å². The number of phenolic OH excluding ortho intramolecular Hbond substituents is 1. The fraction of sp³-hybridized carbons (Fsp3) is 0.613. The van der Waals surface area contributed by atoms with Gasteiger partial charge in [0, 0.05) is 39.1 Å². The molecule has 2 aromatic carbocycles. The van der Waals surface area contributed by atoms with E-state index in [1.807, 2.05) is 13.8 Å². The SMILES string of the molecule is CC[C@H](C)[C@H](NC(=O)[C@H](CCCN=C(N)N)NC(=O)[C@H](CCCN=C(N)N)NC(=O)[C@@H]1CCNC(=O)C[C@@H](NC(=O)[C@@H](N)Cc2ccc(O)cc2)C(=O)NCC(=O)N[C@@H](Cc2ccccc2)C(=O)N1)C(=O)N[C@@H](CCCN=C(N)N)C(=O)N1CCC[C@@H]1C(=O)N[C@@H](CCCCN)C(=O)N[C@@H](CC(C)C)C(=O)N[C@@H](CCCCN)C(N)=O. The molecule has 41 heteroatoms. The number of hydrogen-bond donors (Lipinski definition) is 23. The number of rotatable bonds is 46. The number of unbranched alkanes of at least 4 members (excludes halogenated alkanes) is 2. The minimum absolute atomic E-state index is 0.00198. The zero-order chi connectivity index (χ0) is 86.0. The maximum Gasteiger partial charge on any atom is 0.245 e. The highest BCUT2D eigenvalue weighted by molar-refractivity contribution is 6.00. The summed E-state index contributed by atoms with van der Waals surface area (Å²) in [5.41, 5.74) is 58.4. The lowest BCUT2D eigenvalue weighted by Crippen LogP contribution is -2.61. The summed E-state index contributed by atoms with van der Waals surface area (Å²) in [5.74, 6) is -13.5. The van der Waals surface area contributed by atoms with Crippen molar-refractivity contribution in [2.24, 2.45) is 84.1 Å². The number of phenols is 1. The Bertz CT molecular complexity index is 3670. The third kappa shape index (κ3) is 35.5. The number of aromatic hydroxyl groups is 1. The summed E-state index contributed by atoms with van der Waals surface area (Å²) < 4.78 is 0. The van der Waals surface area contributed by atoms with Crippen LogP contribution >= 0.6 is 0 Å². The summed E-state index contributed by atoms with van der Waals surface area (Å²) >= 11 is 0. The zero-order valence-electron chi connectivity index (χ0n) is 66.8. The number of carbonyl (C=O) groups is 14. The molecule has 0 unspecified atom stereocenters. The van der Waals surface area contributed by atoms with E-state index in [9.17, 15) is 53.1 Å². The molecular formula is C75H124N26O15. The molecule has 2 heterocycles. The first-order chi connectivity index (χ1) is 55.1. The molecule has 4 rings (SSSR count). The monoisotopic (exact) mass is 1630 g/mol. The molecule has 644 valence electrons. The Labute approximate surface area is 675 Å². The third-order valence-electron chi connectivity index (χ3n) is 19.4. The lowest BCUT2D eigenvalue weighted by atomic mass is 9.96. The average molecular weight is 1630 g/mol. The lowest BCUT2D eigenvalue weighted by Gasteiger charge is -2.32. The van der Waals surface area contributed by atoms with E-state index in [4.69, 9.17) is 57.3 Å². The van der Waals surface area contributed by atoms with Gasteiger partial charge in [0.2, 0.25) is 82.7 Å². The molecule has 0 aromatic heterocycles. The molecule has 41 nitrogen and oxygen atoms in total. The fourth-order valence-electron chi connectivity index (χ4n) is 12.8. The highest BCUT2D eigenvalue weighted by Gasteiger charge is 2.42. The number of nitrogens with one attached hydrogen (secondary N) is 12. The van der Waals surface area contributed by atoms with Gasteiger partial charge in [-0.3, -0.25) is 82.1 Å². The second-order valence-electron chi connectivity index (χ2n) is 29.3. The van der Waals surface area contributed by atoms with Gasteiger partial charge < -0.3 is 131 Å². The molecular weight excluding hydrogens is 1500 g/mol. The number of nitrogens with zero attached hydrogens (tertiary/aromatic N) is 4. The normalized spacial score (nSPS) is 18.3. The number of amides is 14. The van der Waals surface area contributed by atoms with Crippen molar-refractivity contribution in [3.8, 4) is 5.75 Å². The second kappa shape index (κ2) is 51.4. The van der Waals surface area contributed by atoms with Crippen LogP contribution in [0.15, 0.2) is 69.6 Å². The maximum atomic E-state index is 15.1. The van der Waals surface area contributed by atoms with Gasteiger partial charge in [-0.15, -0.1) is 0 Å². The topological polar surface area (TPSA) is 704 Å². The molecule has 0 spiro atoms. The highest BCUT2D eigenvalue weighted by atomic mass is 16.3. The lowest BCUT2D eigenvalue weighted by molar-refractivity contribution is -0.143. The Morgan fingerprint density at radius 3 is 1.60 bits per heavy atom. The molecule has 14 amide bonds. The summed E-state index contributed by atoms with van der Waals surface area (Å²) in [5, 5.41) is 41.6. The second-order valence-corrected chi connectivity index (χ2v) is 29.3. The van der Waals surface area contributed by atoms with Gasteiger partial charge in [0.05, 0.1) is 19.0 Å². The highest BCUT2D eigenvalue weighted by Crippen LogP contribution is 2.22. The van der Waals surface area contributed by atoms with Crippen LogP contribution in [-0.2, 0) is 80.0 Å². The first-order valence-electron chi connectivity index (χ1n) is 39.5. The van der Waals surface area contributed by atoms with Crippen molar-refractivity contribution in [3.05, 3.63) is 65.7 Å². The van der Waals surface area contributed by atoms with E-state index in [1.54, 1.807) is 44.2 Å². The van der Waals surface area contributed by atoms with E-state index in [-0.39, 0.29) is 152 Å². The predicted molar refractivity (Wildman–Crippen MR) is 433 cm³/mol. The molecule has 2 fully saturated rings. The summed E-state index contributed by atoms with van der Waals surface area (Å²) in [6.07, 6.45) is 1.37. The van der Waals surface area contributed by atoms with Crippen LogP contribution in [0.1, 0.15) is 154 Å². The first kappa shape index (κ1) is 96.9. The quantitative estimate of drug-likeness (QED) is 0.0166. The largest absolute Gasteiger partial charge is 0.508 e. The van der Waals surface area contributed by atoms with Crippen LogP contribution in [0.2, 0.25) is 0 Å². The molecule has 0 radical (unpaired) electrons. The van der Waals surface area contributed by atoms with E-state index < -0.39 is 181 Å². The van der Waals surface area contributed by atoms with E-state index in [2.05, 4.69) is 78.8 Å². The van der Waals surface area contributed by atoms with Crippen molar-refractivity contribution in [2.75, 3.05) is 52.4 Å². The summed E-state index contributed by atoms with van der Waals surface area (Å²) in [6.45, 7) is 6.42. The summed E-state index contributed by atoms with van der Waals surface area (Å²) in [6, 6.07) is -2.17. The minimum atomic E-state index is -1.62. The van der Waals surface area contributed by atoms with E-state index >= 15 is 19.2 Å². The van der Waals surface area contributed by atoms with Gasteiger partial charge in [-0.2, -0.15) is 0 Å². The van der Waals surface area contributed by atoms with Gasteiger partial charge in [0.25, 0.3) is 0 Å². The van der Waals surface area contributed by atoms with Crippen LogP contribution in [0.5, 0.6) is 5.75 Å². The predicted octanol–water partition coefficient (Wildman–Crippen LogP) is -6.63. The Morgan fingerprint density at radius 1 is 0.543 bits per heavy atom. The van der Waals surface area contributed by atoms with E-state index in [0.29, 0.717) is 49.8 Å². The van der Waals surface area contributed by atoms with Gasteiger partial charge in [0.1, 0.15) is 72.2 Å². The van der Waals surface area contributed by atoms with Gasteiger partial charge in [-0.1, -0.05) is 76.6 Å².